The Hall–Kier alpha value is -1.52. The topological polar surface area (TPSA) is 12.0 Å². The second-order valence-corrected chi connectivity index (χ2v) is 5.21. The van der Waals surface area contributed by atoms with Crippen molar-refractivity contribution in [2.75, 3.05) is 7.05 Å². The third-order valence-electron chi connectivity index (χ3n) is 3.42. The highest BCUT2D eigenvalue weighted by molar-refractivity contribution is 6.31. The van der Waals surface area contributed by atoms with Crippen LogP contribution in [0.3, 0.4) is 0 Å². The second-order valence-electron chi connectivity index (χ2n) is 4.81. The summed E-state index contributed by atoms with van der Waals surface area (Å²) in [5.74, 6) is -2.15. The third kappa shape index (κ3) is 3.77. The third-order valence-corrected chi connectivity index (χ3v) is 3.77. The fraction of sp³-hybridized carbons (Fsp3) is 0.250. The van der Waals surface area contributed by atoms with E-state index in [1.165, 1.54) is 24.3 Å². The summed E-state index contributed by atoms with van der Waals surface area (Å²) >= 11 is 5.99. The molecule has 1 N–H and O–H groups in total. The second kappa shape index (κ2) is 6.96. The molecule has 0 saturated carbocycles. The van der Waals surface area contributed by atoms with E-state index in [4.69, 9.17) is 11.6 Å². The zero-order chi connectivity index (χ0) is 15.4. The lowest BCUT2D eigenvalue weighted by Crippen LogP contribution is -2.30. The van der Waals surface area contributed by atoms with Gasteiger partial charge in [0.05, 0.1) is 0 Å². The normalized spacial score (nSPS) is 12.4. The van der Waals surface area contributed by atoms with Crippen LogP contribution >= 0.6 is 11.6 Å². The van der Waals surface area contributed by atoms with Crippen LogP contribution in [0.15, 0.2) is 36.4 Å². The first-order valence-corrected chi connectivity index (χ1v) is 6.93. The molecule has 0 aliphatic carbocycles. The van der Waals surface area contributed by atoms with E-state index in [9.17, 15) is 13.2 Å². The molecule has 112 valence electrons. The fourth-order valence-corrected chi connectivity index (χ4v) is 2.46. The van der Waals surface area contributed by atoms with Crippen molar-refractivity contribution in [2.45, 2.75) is 18.9 Å². The highest BCUT2D eigenvalue weighted by atomic mass is 35.5. The summed E-state index contributed by atoms with van der Waals surface area (Å²) in [6.45, 7) is 0. The summed E-state index contributed by atoms with van der Waals surface area (Å²) in [6.07, 6.45) is 0.530. The van der Waals surface area contributed by atoms with E-state index >= 15 is 0 Å². The minimum atomic E-state index is -0.883. The van der Waals surface area contributed by atoms with Gasteiger partial charge in [-0.3, -0.25) is 0 Å². The van der Waals surface area contributed by atoms with E-state index in [1.54, 1.807) is 13.1 Å². The van der Waals surface area contributed by atoms with Crippen LogP contribution in [0.25, 0.3) is 0 Å². The van der Waals surface area contributed by atoms with Crippen molar-refractivity contribution in [2.24, 2.45) is 0 Å². The van der Waals surface area contributed by atoms with E-state index in [0.29, 0.717) is 10.6 Å². The van der Waals surface area contributed by atoms with Gasteiger partial charge in [-0.1, -0.05) is 29.8 Å². The summed E-state index contributed by atoms with van der Waals surface area (Å²) in [4.78, 5) is 0. The Morgan fingerprint density at radius 3 is 2.33 bits per heavy atom. The molecule has 1 nitrogen and oxygen atoms in total. The largest absolute Gasteiger partial charge is 0.316 e. The van der Waals surface area contributed by atoms with Crippen LogP contribution in [0.2, 0.25) is 5.02 Å². The Bertz CT molecular complexity index is 611. The Morgan fingerprint density at radius 1 is 1.00 bits per heavy atom. The maximum absolute atomic E-state index is 13.8. The van der Waals surface area contributed by atoms with Crippen LogP contribution in [0.5, 0.6) is 0 Å². The predicted molar refractivity (Wildman–Crippen MR) is 78.0 cm³/mol. The molecular formula is C16H15ClF3N. The van der Waals surface area contributed by atoms with E-state index in [1.807, 2.05) is 0 Å². The van der Waals surface area contributed by atoms with Gasteiger partial charge in [-0.05, 0) is 43.7 Å². The number of hydrogen-bond donors (Lipinski definition) is 1. The molecule has 0 amide bonds. The quantitative estimate of drug-likeness (QED) is 0.875. The van der Waals surface area contributed by atoms with Crippen LogP contribution in [-0.4, -0.2) is 13.1 Å². The van der Waals surface area contributed by atoms with Gasteiger partial charge in [0.15, 0.2) is 11.6 Å². The molecule has 1 unspecified atom stereocenters. The molecule has 1 atom stereocenters. The standard InChI is InChI=1S/C16H15ClF3N/c1-21-11(8-10-4-2-7-15(19)16(10)20)9-12-13(17)5-3-6-14(12)18/h2-7,11,21H,8-9H2,1H3. The van der Waals surface area contributed by atoms with Gasteiger partial charge in [0.25, 0.3) is 0 Å². The first-order chi connectivity index (χ1) is 10.0. The van der Waals surface area contributed by atoms with E-state index in [0.717, 1.165) is 6.07 Å². The Labute approximate surface area is 126 Å². The molecule has 0 aliphatic rings. The predicted octanol–water partition coefficient (Wildman–Crippen LogP) is 4.13. The molecule has 0 fully saturated rings. The Morgan fingerprint density at radius 2 is 1.67 bits per heavy atom. The van der Waals surface area contributed by atoms with Crippen molar-refractivity contribution >= 4 is 11.6 Å². The summed E-state index contributed by atoms with van der Waals surface area (Å²) < 4.78 is 40.7. The van der Waals surface area contributed by atoms with Gasteiger partial charge in [0.1, 0.15) is 5.82 Å². The molecule has 0 radical (unpaired) electrons. The molecule has 0 spiro atoms. The maximum atomic E-state index is 13.8. The number of halogens is 4. The lowest BCUT2D eigenvalue weighted by Gasteiger charge is -2.18. The summed E-state index contributed by atoms with van der Waals surface area (Å²) in [5.41, 5.74) is 0.622. The molecule has 5 heteroatoms. The highest BCUT2D eigenvalue weighted by Crippen LogP contribution is 2.22. The lowest BCUT2D eigenvalue weighted by molar-refractivity contribution is 0.479. The highest BCUT2D eigenvalue weighted by Gasteiger charge is 2.17. The van der Waals surface area contributed by atoms with Crippen molar-refractivity contribution in [1.82, 2.24) is 5.32 Å². The van der Waals surface area contributed by atoms with Crippen LogP contribution in [0.4, 0.5) is 13.2 Å². The Balaban J connectivity index is 2.19. The van der Waals surface area contributed by atoms with Gasteiger partial charge in [0, 0.05) is 16.6 Å². The molecule has 2 aromatic rings. The van der Waals surface area contributed by atoms with Gasteiger partial charge in [-0.2, -0.15) is 0 Å². The maximum Gasteiger partial charge on any atom is 0.162 e. The summed E-state index contributed by atoms with van der Waals surface area (Å²) in [7, 11) is 1.69. The number of benzene rings is 2. The number of likely N-dealkylation sites (N-methyl/N-ethyl adjacent to an activating group) is 1. The zero-order valence-corrected chi connectivity index (χ0v) is 12.2. The van der Waals surface area contributed by atoms with Crippen molar-refractivity contribution in [1.29, 1.82) is 0 Å². The minimum Gasteiger partial charge on any atom is -0.316 e. The van der Waals surface area contributed by atoms with Crippen LogP contribution in [-0.2, 0) is 12.8 Å². The summed E-state index contributed by atoms with van der Waals surface area (Å²) in [5, 5.41) is 3.31. The van der Waals surface area contributed by atoms with Gasteiger partial charge >= 0.3 is 0 Å². The van der Waals surface area contributed by atoms with Gasteiger partial charge in [-0.15, -0.1) is 0 Å². The molecule has 2 rings (SSSR count). The molecule has 0 saturated heterocycles. The minimum absolute atomic E-state index is 0.241. The van der Waals surface area contributed by atoms with Crippen molar-refractivity contribution < 1.29 is 13.2 Å². The van der Waals surface area contributed by atoms with E-state index in [-0.39, 0.29) is 24.4 Å². The smallest absolute Gasteiger partial charge is 0.162 e. The first kappa shape index (κ1) is 15.9. The average molecular weight is 314 g/mol. The SMILES string of the molecule is CNC(Cc1cccc(F)c1F)Cc1c(F)cccc1Cl. The molecular weight excluding hydrogens is 299 g/mol. The first-order valence-electron chi connectivity index (χ1n) is 6.56. The van der Waals surface area contributed by atoms with Crippen LogP contribution in [0, 0.1) is 17.5 Å². The van der Waals surface area contributed by atoms with Crippen LogP contribution < -0.4 is 5.32 Å². The molecule has 0 heterocycles. The molecule has 0 aromatic heterocycles. The molecule has 21 heavy (non-hydrogen) atoms. The lowest BCUT2D eigenvalue weighted by atomic mass is 9.98. The van der Waals surface area contributed by atoms with E-state index < -0.39 is 17.5 Å². The molecule has 2 aromatic carbocycles. The number of hydrogen-bond acceptors (Lipinski definition) is 1. The van der Waals surface area contributed by atoms with Gasteiger partial charge in [-0.25, -0.2) is 13.2 Å². The van der Waals surface area contributed by atoms with Gasteiger partial charge < -0.3 is 5.32 Å². The van der Waals surface area contributed by atoms with Crippen LogP contribution in [0.1, 0.15) is 11.1 Å². The molecule has 0 aliphatic heterocycles. The van der Waals surface area contributed by atoms with Crippen molar-refractivity contribution in [3.8, 4) is 0 Å². The fourth-order valence-electron chi connectivity index (χ4n) is 2.22. The van der Waals surface area contributed by atoms with Crippen molar-refractivity contribution in [3.63, 3.8) is 0 Å². The number of rotatable bonds is 5. The molecule has 0 bridgehead atoms. The average Bonchev–Trinajstić information content (AvgIpc) is 2.46. The monoisotopic (exact) mass is 313 g/mol. The van der Waals surface area contributed by atoms with Crippen molar-refractivity contribution in [3.05, 3.63) is 70.0 Å². The zero-order valence-electron chi connectivity index (χ0n) is 11.5. The summed E-state index contributed by atoms with van der Waals surface area (Å²) in [6, 6.07) is 8.26. The van der Waals surface area contributed by atoms with Gasteiger partial charge in [0.2, 0.25) is 0 Å². The van der Waals surface area contributed by atoms with E-state index in [2.05, 4.69) is 5.32 Å². The Kier molecular flexibility index (Phi) is 5.26. The number of nitrogens with one attached hydrogen (secondary N) is 1.